The lowest BCUT2D eigenvalue weighted by atomic mass is 10.1. The second kappa shape index (κ2) is 11.3. The number of carbonyl (C=O) groups excluding carboxylic acids is 2. The molecule has 0 unspecified atom stereocenters. The number of ether oxygens (including phenoxy) is 1. The molecule has 1 N–H and O–H groups in total. The van der Waals surface area contributed by atoms with Crippen molar-refractivity contribution in [2.24, 2.45) is 5.92 Å². The van der Waals surface area contributed by atoms with E-state index in [2.05, 4.69) is 38.8 Å². The second-order valence-electron chi connectivity index (χ2n) is 7.99. The van der Waals surface area contributed by atoms with Gasteiger partial charge in [0.2, 0.25) is 11.9 Å². The van der Waals surface area contributed by atoms with E-state index in [9.17, 15) is 9.59 Å². The molecule has 0 bridgehead atoms. The van der Waals surface area contributed by atoms with Gasteiger partial charge in [-0.1, -0.05) is 37.7 Å². The lowest BCUT2D eigenvalue weighted by molar-refractivity contribution is -0.116. The molecule has 1 saturated heterocycles. The molecule has 1 aliphatic heterocycles. The van der Waals surface area contributed by atoms with Crippen molar-refractivity contribution in [2.45, 2.75) is 45.3 Å². The highest BCUT2D eigenvalue weighted by Crippen LogP contribution is 2.25. The van der Waals surface area contributed by atoms with Crippen LogP contribution >= 0.6 is 11.8 Å². The molecule has 31 heavy (non-hydrogen) atoms. The lowest BCUT2D eigenvalue weighted by Gasteiger charge is -2.28. The zero-order valence-electron chi connectivity index (χ0n) is 18.5. The van der Waals surface area contributed by atoms with Crippen molar-refractivity contribution in [3.8, 4) is 0 Å². The monoisotopic (exact) mass is 445 g/mol. The van der Waals surface area contributed by atoms with E-state index in [1.165, 1.54) is 6.92 Å². The van der Waals surface area contributed by atoms with Gasteiger partial charge in [-0.3, -0.25) is 14.2 Å². The van der Waals surface area contributed by atoms with E-state index in [0.717, 1.165) is 36.5 Å². The Hall–Kier alpha value is -2.39. The predicted octanol–water partition coefficient (Wildman–Crippen LogP) is 3.48. The van der Waals surface area contributed by atoms with E-state index < -0.39 is 0 Å². The Kier molecular flexibility index (Phi) is 8.48. The second-order valence-corrected chi connectivity index (χ2v) is 9.05. The first-order valence-corrected chi connectivity index (χ1v) is 11.7. The molecule has 1 aromatic carbocycles. The van der Waals surface area contributed by atoms with Gasteiger partial charge < -0.3 is 15.0 Å². The maximum Gasteiger partial charge on any atom is 0.228 e. The number of ketones is 1. The zero-order chi connectivity index (χ0) is 22.2. The zero-order valence-corrected chi connectivity index (χ0v) is 19.3. The molecule has 1 fully saturated rings. The largest absolute Gasteiger partial charge is 0.378 e. The number of nitrogens with one attached hydrogen (secondary N) is 1. The first-order chi connectivity index (χ1) is 15.0. The third-order valence-corrected chi connectivity index (χ3v) is 5.95. The number of rotatable bonds is 10. The number of anilines is 2. The number of carbonyl (C=O) groups is 2. The molecule has 0 aliphatic carbocycles. The summed E-state index contributed by atoms with van der Waals surface area (Å²) >= 11 is 1.63. The summed E-state index contributed by atoms with van der Waals surface area (Å²) in [6, 6.07) is 7.08. The van der Waals surface area contributed by atoms with E-state index in [1.54, 1.807) is 30.0 Å². The van der Waals surface area contributed by atoms with Gasteiger partial charge in [-0.25, -0.2) is 0 Å². The van der Waals surface area contributed by atoms with Crippen LogP contribution < -0.4 is 10.2 Å². The maximum absolute atomic E-state index is 12.3. The summed E-state index contributed by atoms with van der Waals surface area (Å²) in [4.78, 5) is 26.3. The molecule has 0 spiro atoms. The number of hydrogen-bond acceptors (Lipinski definition) is 7. The van der Waals surface area contributed by atoms with Crippen molar-refractivity contribution in [1.29, 1.82) is 0 Å². The minimum atomic E-state index is -0.0908. The van der Waals surface area contributed by atoms with Gasteiger partial charge in [-0.15, -0.1) is 10.2 Å². The van der Waals surface area contributed by atoms with Crippen molar-refractivity contribution in [1.82, 2.24) is 14.8 Å². The van der Waals surface area contributed by atoms with E-state index in [-0.39, 0.29) is 11.7 Å². The van der Waals surface area contributed by atoms with E-state index in [0.29, 0.717) is 43.2 Å². The Morgan fingerprint density at radius 3 is 2.65 bits per heavy atom. The molecular weight excluding hydrogens is 414 g/mol. The number of thioether (sulfide) groups is 1. The van der Waals surface area contributed by atoms with Gasteiger partial charge in [-0.2, -0.15) is 0 Å². The molecule has 168 valence electrons. The topological polar surface area (TPSA) is 89.3 Å². The van der Waals surface area contributed by atoms with Crippen molar-refractivity contribution in [3.63, 3.8) is 0 Å². The van der Waals surface area contributed by atoms with Crippen LogP contribution in [0.15, 0.2) is 29.4 Å². The molecule has 8 nitrogen and oxygen atoms in total. The highest BCUT2D eigenvalue weighted by atomic mass is 32.2. The number of para-hydroxylation sites is 1. The number of amides is 1. The van der Waals surface area contributed by atoms with Crippen LogP contribution in [-0.2, 0) is 16.1 Å². The average molecular weight is 446 g/mol. The first kappa shape index (κ1) is 23.3. The first-order valence-electron chi connectivity index (χ1n) is 10.7. The Balaban J connectivity index is 1.54. The van der Waals surface area contributed by atoms with Crippen molar-refractivity contribution in [2.75, 3.05) is 42.3 Å². The Morgan fingerprint density at radius 1 is 1.19 bits per heavy atom. The normalized spacial score (nSPS) is 14.1. The number of hydrogen-bond donors (Lipinski definition) is 1. The lowest BCUT2D eigenvalue weighted by Crippen LogP contribution is -2.38. The fraction of sp³-hybridized carbons (Fsp3) is 0.545. The van der Waals surface area contributed by atoms with E-state index in [1.807, 2.05) is 6.07 Å². The van der Waals surface area contributed by atoms with Crippen LogP contribution in [0.3, 0.4) is 0 Å². The van der Waals surface area contributed by atoms with E-state index >= 15 is 0 Å². The van der Waals surface area contributed by atoms with Crippen LogP contribution in [0.5, 0.6) is 0 Å². The molecule has 0 radical (unpaired) electrons. The highest BCUT2D eigenvalue weighted by molar-refractivity contribution is 7.99. The highest BCUT2D eigenvalue weighted by Gasteiger charge is 2.21. The van der Waals surface area contributed by atoms with Crippen LogP contribution in [0.2, 0.25) is 0 Å². The van der Waals surface area contributed by atoms with Crippen LogP contribution in [0.25, 0.3) is 0 Å². The molecular formula is C22H31N5O3S. The van der Waals surface area contributed by atoms with Gasteiger partial charge >= 0.3 is 0 Å². The van der Waals surface area contributed by atoms with Gasteiger partial charge in [0.1, 0.15) is 0 Å². The number of aromatic nitrogens is 3. The number of Topliss-reactive ketones (excluding diaryl/α,β-unsaturated/α-hetero) is 1. The summed E-state index contributed by atoms with van der Waals surface area (Å²) < 4.78 is 7.64. The minimum Gasteiger partial charge on any atom is -0.378 e. The predicted molar refractivity (Wildman–Crippen MR) is 123 cm³/mol. The SMILES string of the molecule is CC(=O)c1ccccc1NC(=O)CCCSc1nnc(N2CCOCC2)n1CC(C)C. The van der Waals surface area contributed by atoms with E-state index in [4.69, 9.17) is 4.74 Å². The Labute approximate surface area is 187 Å². The molecule has 3 rings (SSSR count). The average Bonchev–Trinajstić information content (AvgIpc) is 3.14. The third-order valence-electron chi connectivity index (χ3n) is 4.90. The van der Waals surface area contributed by atoms with Gasteiger partial charge in [0.15, 0.2) is 10.9 Å². The molecule has 2 heterocycles. The summed E-state index contributed by atoms with van der Waals surface area (Å²) in [5, 5.41) is 12.6. The minimum absolute atomic E-state index is 0.0629. The fourth-order valence-corrected chi connectivity index (χ4v) is 4.30. The van der Waals surface area contributed by atoms with Gasteiger partial charge in [0.05, 0.1) is 18.9 Å². The third kappa shape index (κ3) is 6.54. The van der Waals surface area contributed by atoms with Crippen LogP contribution in [0, 0.1) is 5.92 Å². The fourth-order valence-electron chi connectivity index (χ4n) is 3.42. The summed E-state index contributed by atoms with van der Waals surface area (Å²) in [5.41, 5.74) is 1.10. The van der Waals surface area contributed by atoms with Crippen molar-refractivity contribution in [3.05, 3.63) is 29.8 Å². The van der Waals surface area contributed by atoms with Crippen LogP contribution in [-0.4, -0.2) is 58.5 Å². The quantitative estimate of drug-likeness (QED) is 0.340. The molecule has 1 amide bonds. The molecule has 2 aromatic rings. The Morgan fingerprint density at radius 2 is 1.94 bits per heavy atom. The summed E-state index contributed by atoms with van der Waals surface area (Å²) in [5.74, 6) is 1.99. The van der Waals surface area contributed by atoms with Crippen molar-refractivity contribution < 1.29 is 14.3 Å². The number of nitrogens with zero attached hydrogens (tertiary/aromatic N) is 4. The molecule has 9 heteroatoms. The summed E-state index contributed by atoms with van der Waals surface area (Å²) in [6.07, 6.45) is 1.09. The molecule has 1 aliphatic rings. The van der Waals surface area contributed by atoms with Crippen LogP contribution in [0.1, 0.15) is 44.0 Å². The van der Waals surface area contributed by atoms with Crippen LogP contribution in [0.4, 0.5) is 11.6 Å². The maximum atomic E-state index is 12.3. The number of morpholine rings is 1. The summed E-state index contributed by atoms with van der Waals surface area (Å²) in [6.45, 7) is 9.77. The Bertz CT molecular complexity index is 893. The molecule has 0 saturated carbocycles. The van der Waals surface area contributed by atoms with Gasteiger partial charge in [0.25, 0.3) is 0 Å². The smallest absolute Gasteiger partial charge is 0.228 e. The standard InChI is InChI=1S/C22H31N5O3S/c1-16(2)15-27-21(26-10-12-30-13-11-26)24-25-22(27)31-14-6-9-20(29)23-19-8-5-4-7-18(19)17(3)28/h4-5,7-8,16H,6,9-15H2,1-3H3,(H,23,29). The molecule has 1 aromatic heterocycles. The molecule has 0 atom stereocenters. The van der Waals surface area contributed by atoms with Gasteiger partial charge in [0, 0.05) is 37.4 Å². The van der Waals surface area contributed by atoms with Crippen molar-refractivity contribution >= 4 is 35.1 Å². The number of benzene rings is 1. The van der Waals surface area contributed by atoms with Gasteiger partial charge in [-0.05, 0) is 31.4 Å². The summed E-state index contributed by atoms with van der Waals surface area (Å²) in [7, 11) is 0.